The van der Waals surface area contributed by atoms with Crippen molar-refractivity contribution in [3.05, 3.63) is 28.8 Å². The van der Waals surface area contributed by atoms with Crippen LogP contribution in [-0.2, 0) is 10.0 Å². The topological polar surface area (TPSA) is 61.2 Å². The van der Waals surface area contributed by atoms with E-state index in [-0.39, 0.29) is 15.5 Å². The number of rotatable bonds is 2. The highest BCUT2D eigenvalue weighted by atomic mass is 35.5. The van der Waals surface area contributed by atoms with Crippen LogP contribution in [0.1, 0.15) is 25.8 Å². The molecule has 1 fully saturated rings. The molecule has 2 unspecified atom stereocenters. The Morgan fingerprint density at radius 3 is 2.60 bits per heavy atom. The van der Waals surface area contributed by atoms with Crippen molar-refractivity contribution in [2.24, 2.45) is 11.8 Å². The summed E-state index contributed by atoms with van der Waals surface area (Å²) in [5.41, 5.74) is 0.284. The van der Waals surface area contributed by atoms with Crippen molar-refractivity contribution in [1.82, 2.24) is 4.31 Å². The van der Waals surface area contributed by atoms with Gasteiger partial charge in [0.2, 0.25) is 10.0 Å². The molecule has 1 aromatic rings. The summed E-state index contributed by atoms with van der Waals surface area (Å²) in [7, 11) is -3.53. The lowest BCUT2D eigenvalue weighted by Gasteiger charge is -2.34. The van der Waals surface area contributed by atoms with Gasteiger partial charge in [0.1, 0.15) is 6.07 Å². The molecule has 0 radical (unpaired) electrons. The lowest BCUT2D eigenvalue weighted by atomic mass is 9.90. The van der Waals surface area contributed by atoms with Gasteiger partial charge in [0.25, 0.3) is 0 Å². The Balaban J connectivity index is 2.31. The van der Waals surface area contributed by atoms with E-state index in [1.54, 1.807) is 0 Å². The van der Waals surface area contributed by atoms with Gasteiger partial charge in [-0.3, -0.25) is 0 Å². The first kappa shape index (κ1) is 15.3. The standard InChI is InChI=1S/C14H17ClN2O2S/c1-10-5-6-17(9-11(10)2)20(18,19)13-4-3-12(8-16)14(15)7-13/h3-4,7,10-11H,5-6,9H2,1-2H3. The summed E-state index contributed by atoms with van der Waals surface area (Å²) in [5.74, 6) is 0.874. The van der Waals surface area contributed by atoms with E-state index in [0.717, 1.165) is 6.42 Å². The van der Waals surface area contributed by atoms with Gasteiger partial charge >= 0.3 is 0 Å². The highest BCUT2D eigenvalue weighted by molar-refractivity contribution is 7.89. The van der Waals surface area contributed by atoms with Gasteiger partial charge in [-0.15, -0.1) is 0 Å². The van der Waals surface area contributed by atoms with E-state index in [9.17, 15) is 8.42 Å². The van der Waals surface area contributed by atoms with Crippen LogP contribution in [0.3, 0.4) is 0 Å². The normalized spacial score (nSPS) is 24.3. The maximum Gasteiger partial charge on any atom is 0.243 e. The molecule has 4 nitrogen and oxygen atoms in total. The van der Waals surface area contributed by atoms with Crippen molar-refractivity contribution in [3.8, 4) is 6.07 Å². The van der Waals surface area contributed by atoms with Gasteiger partial charge in [-0.1, -0.05) is 25.4 Å². The Labute approximate surface area is 125 Å². The van der Waals surface area contributed by atoms with E-state index in [1.807, 2.05) is 6.07 Å². The fraction of sp³-hybridized carbons (Fsp3) is 0.500. The molecular weight excluding hydrogens is 296 g/mol. The predicted molar refractivity (Wildman–Crippen MR) is 77.9 cm³/mol. The van der Waals surface area contributed by atoms with Crippen molar-refractivity contribution in [3.63, 3.8) is 0 Å². The first-order valence-electron chi connectivity index (χ1n) is 6.56. The Bertz CT molecular complexity index is 652. The Morgan fingerprint density at radius 1 is 1.35 bits per heavy atom. The van der Waals surface area contributed by atoms with E-state index in [4.69, 9.17) is 16.9 Å². The molecule has 6 heteroatoms. The van der Waals surface area contributed by atoms with Crippen LogP contribution < -0.4 is 0 Å². The number of nitrogens with zero attached hydrogens (tertiary/aromatic N) is 2. The van der Waals surface area contributed by atoms with Crippen LogP contribution >= 0.6 is 11.6 Å². The second-order valence-electron chi connectivity index (χ2n) is 5.36. The molecule has 2 rings (SSSR count). The summed E-state index contributed by atoms with van der Waals surface area (Å²) < 4.78 is 26.7. The zero-order chi connectivity index (χ0) is 14.9. The first-order valence-corrected chi connectivity index (χ1v) is 8.38. The summed E-state index contributed by atoms with van der Waals surface area (Å²) in [4.78, 5) is 0.156. The third kappa shape index (κ3) is 2.83. The molecule has 0 aromatic heterocycles. The minimum atomic E-state index is -3.53. The molecule has 0 amide bonds. The molecule has 1 aliphatic rings. The zero-order valence-corrected chi connectivity index (χ0v) is 13.1. The molecule has 1 saturated heterocycles. The number of hydrogen-bond acceptors (Lipinski definition) is 3. The van der Waals surface area contributed by atoms with E-state index in [0.29, 0.717) is 24.9 Å². The largest absolute Gasteiger partial charge is 0.243 e. The molecule has 0 bridgehead atoms. The summed E-state index contributed by atoms with van der Waals surface area (Å²) in [6, 6.07) is 6.18. The van der Waals surface area contributed by atoms with E-state index in [2.05, 4.69) is 13.8 Å². The van der Waals surface area contributed by atoms with Crippen LogP contribution in [0.25, 0.3) is 0 Å². The van der Waals surface area contributed by atoms with Gasteiger partial charge in [-0.2, -0.15) is 9.57 Å². The van der Waals surface area contributed by atoms with Crippen molar-refractivity contribution in [2.45, 2.75) is 25.2 Å². The van der Waals surface area contributed by atoms with Gasteiger partial charge in [-0.05, 0) is 36.5 Å². The van der Waals surface area contributed by atoms with Crippen molar-refractivity contribution in [2.75, 3.05) is 13.1 Å². The van der Waals surface area contributed by atoms with Crippen molar-refractivity contribution >= 4 is 21.6 Å². The third-order valence-electron chi connectivity index (χ3n) is 4.00. The van der Waals surface area contributed by atoms with Gasteiger partial charge in [0.15, 0.2) is 0 Å². The van der Waals surface area contributed by atoms with E-state index < -0.39 is 10.0 Å². The quantitative estimate of drug-likeness (QED) is 0.843. The van der Waals surface area contributed by atoms with Crippen molar-refractivity contribution < 1.29 is 8.42 Å². The first-order chi connectivity index (χ1) is 9.36. The number of benzene rings is 1. The summed E-state index contributed by atoms with van der Waals surface area (Å²) in [6.45, 7) is 5.28. The Hall–Kier alpha value is -1.09. The molecule has 0 saturated carbocycles. The SMILES string of the molecule is CC1CCN(S(=O)(=O)c2ccc(C#N)c(Cl)c2)CC1C. The molecule has 0 aliphatic carbocycles. The molecule has 2 atom stereocenters. The van der Waals surface area contributed by atoms with Crippen LogP contribution in [0.15, 0.2) is 23.1 Å². The summed E-state index contributed by atoms with van der Waals surface area (Å²) in [6.07, 6.45) is 0.865. The van der Waals surface area contributed by atoms with Crippen molar-refractivity contribution in [1.29, 1.82) is 5.26 Å². The molecule has 108 valence electrons. The van der Waals surface area contributed by atoms with Crippen LogP contribution in [-0.4, -0.2) is 25.8 Å². The minimum Gasteiger partial charge on any atom is -0.207 e. The second-order valence-corrected chi connectivity index (χ2v) is 7.70. The maximum atomic E-state index is 12.6. The summed E-state index contributed by atoms with van der Waals surface area (Å²) >= 11 is 5.92. The lowest BCUT2D eigenvalue weighted by molar-refractivity contribution is 0.212. The number of piperidine rings is 1. The number of halogens is 1. The average molecular weight is 313 g/mol. The number of sulfonamides is 1. The second kappa shape index (κ2) is 5.72. The van der Waals surface area contributed by atoms with Crippen LogP contribution in [0.2, 0.25) is 5.02 Å². The fourth-order valence-corrected chi connectivity index (χ4v) is 4.21. The molecule has 20 heavy (non-hydrogen) atoms. The Kier molecular flexibility index (Phi) is 4.38. The van der Waals surface area contributed by atoms with Crippen LogP contribution in [0.5, 0.6) is 0 Å². The van der Waals surface area contributed by atoms with Gasteiger partial charge < -0.3 is 0 Å². The fourth-order valence-electron chi connectivity index (χ4n) is 2.34. The number of hydrogen-bond donors (Lipinski definition) is 0. The third-order valence-corrected chi connectivity index (χ3v) is 6.17. The molecule has 0 spiro atoms. The van der Waals surface area contributed by atoms with Crippen LogP contribution in [0, 0.1) is 23.2 Å². The van der Waals surface area contributed by atoms with E-state index >= 15 is 0 Å². The molecular formula is C14H17ClN2O2S. The van der Waals surface area contributed by atoms with E-state index in [1.165, 1.54) is 22.5 Å². The monoisotopic (exact) mass is 312 g/mol. The number of nitriles is 1. The van der Waals surface area contributed by atoms with Gasteiger partial charge in [0.05, 0.1) is 15.5 Å². The average Bonchev–Trinajstić information content (AvgIpc) is 2.41. The smallest absolute Gasteiger partial charge is 0.207 e. The Morgan fingerprint density at radius 2 is 2.05 bits per heavy atom. The molecule has 1 aromatic carbocycles. The highest BCUT2D eigenvalue weighted by Gasteiger charge is 2.31. The lowest BCUT2D eigenvalue weighted by Crippen LogP contribution is -2.42. The van der Waals surface area contributed by atoms with Gasteiger partial charge in [0, 0.05) is 13.1 Å². The molecule has 0 N–H and O–H groups in total. The van der Waals surface area contributed by atoms with Crippen LogP contribution in [0.4, 0.5) is 0 Å². The molecule has 1 aliphatic heterocycles. The zero-order valence-electron chi connectivity index (χ0n) is 11.5. The predicted octanol–water partition coefficient (Wildman–Crippen LogP) is 2.88. The highest BCUT2D eigenvalue weighted by Crippen LogP contribution is 2.28. The maximum absolute atomic E-state index is 12.6. The minimum absolute atomic E-state index is 0.156. The molecule has 1 heterocycles. The summed E-state index contributed by atoms with van der Waals surface area (Å²) in [5, 5.41) is 9.00. The van der Waals surface area contributed by atoms with Gasteiger partial charge in [-0.25, -0.2) is 8.42 Å².